The van der Waals surface area contributed by atoms with Crippen LogP contribution in [0.3, 0.4) is 0 Å². The van der Waals surface area contributed by atoms with Crippen molar-refractivity contribution in [3.63, 3.8) is 0 Å². The van der Waals surface area contributed by atoms with E-state index in [1.54, 1.807) is 26.4 Å². The maximum absolute atomic E-state index is 11.7. The fourth-order valence-electron chi connectivity index (χ4n) is 1.42. The molecular formula is C12H14N4O. The largest absolute Gasteiger partial charge is 0.325 e. The number of aromatic nitrogens is 2. The van der Waals surface area contributed by atoms with Crippen molar-refractivity contribution >= 4 is 22.6 Å². The zero-order valence-electron chi connectivity index (χ0n) is 9.77. The summed E-state index contributed by atoms with van der Waals surface area (Å²) in [6.07, 6.45) is 3.27. The first kappa shape index (κ1) is 11.5. The minimum Gasteiger partial charge on any atom is -0.325 e. The molecule has 1 unspecified atom stereocenters. The van der Waals surface area contributed by atoms with Gasteiger partial charge in [-0.05, 0) is 32.2 Å². The second-order valence-corrected chi connectivity index (χ2v) is 3.76. The molecule has 1 heterocycles. The maximum Gasteiger partial charge on any atom is 0.241 e. The van der Waals surface area contributed by atoms with E-state index in [2.05, 4.69) is 20.6 Å². The SMILES string of the molecule is CNC(C)C(=O)Nc1ccc2nccnc2c1. The van der Waals surface area contributed by atoms with E-state index in [9.17, 15) is 4.79 Å². The van der Waals surface area contributed by atoms with Crippen LogP contribution in [-0.4, -0.2) is 29.0 Å². The molecule has 5 heteroatoms. The third kappa shape index (κ3) is 2.57. The fraction of sp³-hybridized carbons (Fsp3) is 0.250. The van der Waals surface area contributed by atoms with Gasteiger partial charge in [-0.3, -0.25) is 14.8 Å². The van der Waals surface area contributed by atoms with Crippen molar-refractivity contribution in [3.05, 3.63) is 30.6 Å². The van der Waals surface area contributed by atoms with Crippen molar-refractivity contribution in [2.75, 3.05) is 12.4 Å². The Bertz CT molecular complexity index is 541. The standard InChI is InChI=1S/C12H14N4O/c1-8(13-2)12(17)16-9-3-4-10-11(7-9)15-6-5-14-10/h3-8,13H,1-2H3,(H,16,17). The summed E-state index contributed by atoms with van der Waals surface area (Å²) in [5.74, 6) is -0.0734. The first-order valence-electron chi connectivity index (χ1n) is 5.39. The van der Waals surface area contributed by atoms with E-state index in [-0.39, 0.29) is 11.9 Å². The first-order chi connectivity index (χ1) is 8.20. The van der Waals surface area contributed by atoms with Gasteiger partial charge < -0.3 is 10.6 Å². The number of rotatable bonds is 3. The summed E-state index contributed by atoms with van der Waals surface area (Å²) in [6, 6.07) is 5.23. The molecule has 2 rings (SSSR count). The van der Waals surface area contributed by atoms with Crippen molar-refractivity contribution in [1.82, 2.24) is 15.3 Å². The van der Waals surface area contributed by atoms with Gasteiger partial charge in [0.25, 0.3) is 0 Å². The number of fused-ring (bicyclic) bond motifs is 1. The summed E-state index contributed by atoms with van der Waals surface area (Å²) >= 11 is 0. The van der Waals surface area contributed by atoms with Crippen LogP contribution in [0, 0.1) is 0 Å². The van der Waals surface area contributed by atoms with E-state index >= 15 is 0 Å². The van der Waals surface area contributed by atoms with Crippen LogP contribution in [0.25, 0.3) is 11.0 Å². The Hall–Kier alpha value is -2.01. The van der Waals surface area contributed by atoms with Gasteiger partial charge in [0.15, 0.2) is 0 Å². The number of amides is 1. The third-order valence-electron chi connectivity index (χ3n) is 2.56. The van der Waals surface area contributed by atoms with Gasteiger partial charge in [0.2, 0.25) is 5.91 Å². The number of nitrogens with one attached hydrogen (secondary N) is 2. The van der Waals surface area contributed by atoms with Crippen LogP contribution in [0.1, 0.15) is 6.92 Å². The van der Waals surface area contributed by atoms with E-state index in [4.69, 9.17) is 0 Å². The average Bonchev–Trinajstić information content (AvgIpc) is 2.37. The van der Waals surface area contributed by atoms with Gasteiger partial charge in [0.1, 0.15) is 0 Å². The Labute approximate surface area is 99.3 Å². The van der Waals surface area contributed by atoms with Crippen molar-refractivity contribution in [1.29, 1.82) is 0 Å². The molecule has 0 radical (unpaired) electrons. The molecule has 0 bridgehead atoms. The highest BCUT2D eigenvalue weighted by Gasteiger charge is 2.10. The lowest BCUT2D eigenvalue weighted by atomic mass is 10.2. The van der Waals surface area contributed by atoms with Crippen molar-refractivity contribution in [2.45, 2.75) is 13.0 Å². The molecular weight excluding hydrogens is 216 g/mol. The number of anilines is 1. The molecule has 2 N–H and O–H groups in total. The minimum atomic E-state index is -0.229. The van der Waals surface area contributed by atoms with Crippen LogP contribution in [-0.2, 0) is 4.79 Å². The topological polar surface area (TPSA) is 66.9 Å². The Morgan fingerprint density at radius 3 is 2.65 bits per heavy atom. The van der Waals surface area contributed by atoms with Crippen molar-refractivity contribution < 1.29 is 4.79 Å². The molecule has 0 saturated heterocycles. The Morgan fingerprint density at radius 1 is 1.24 bits per heavy atom. The van der Waals surface area contributed by atoms with Crippen molar-refractivity contribution in [3.8, 4) is 0 Å². The summed E-state index contributed by atoms with van der Waals surface area (Å²) in [4.78, 5) is 20.0. The molecule has 88 valence electrons. The molecule has 2 aromatic rings. The molecule has 0 aliphatic carbocycles. The normalized spacial score (nSPS) is 12.4. The van der Waals surface area contributed by atoms with Gasteiger partial charge in [0.05, 0.1) is 17.1 Å². The van der Waals surface area contributed by atoms with Crippen LogP contribution in [0.5, 0.6) is 0 Å². The van der Waals surface area contributed by atoms with E-state index in [1.165, 1.54) is 0 Å². The Kier molecular flexibility index (Phi) is 3.30. The second kappa shape index (κ2) is 4.88. The molecule has 5 nitrogen and oxygen atoms in total. The minimum absolute atomic E-state index is 0.0734. The predicted molar refractivity (Wildman–Crippen MR) is 66.7 cm³/mol. The number of hydrogen-bond donors (Lipinski definition) is 2. The molecule has 0 aliphatic rings. The highest BCUT2D eigenvalue weighted by atomic mass is 16.2. The summed E-state index contributed by atoms with van der Waals surface area (Å²) in [5, 5.41) is 5.70. The first-order valence-corrected chi connectivity index (χ1v) is 5.39. The summed E-state index contributed by atoms with van der Waals surface area (Å²) < 4.78 is 0. The van der Waals surface area contributed by atoms with E-state index in [0.29, 0.717) is 0 Å². The van der Waals surface area contributed by atoms with Crippen LogP contribution in [0.15, 0.2) is 30.6 Å². The van der Waals surface area contributed by atoms with E-state index in [0.717, 1.165) is 16.7 Å². The van der Waals surface area contributed by atoms with Crippen LogP contribution in [0.2, 0.25) is 0 Å². The lowest BCUT2D eigenvalue weighted by Gasteiger charge is -2.11. The number of benzene rings is 1. The number of nitrogens with zero attached hydrogens (tertiary/aromatic N) is 2. The molecule has 0 saturated carbocycles. The number of carbonyl (C=O) groups is 1. The molecule has 1 aromatic carbocycles. The smallest absolute Gasteiger partial charge is 0.241 e. The lowest BCUT2D eigenvalue weighted by molar-refractivity contribution is -0.117. The Balaban J connectivity index is 2.22. The highest BCUT2D eigenvalue weighted by Crippen LogP contribution is 2.14. The van der Waals surface area contributed by atoms with Gasteiger partial charge in [-0.1, -0.05) is 0 Å². The van der Waals surface area contributed by atoms with E-state index < -0.39 is 0 Å². The van der Waals surface area contributed by atoms with E-state index in [1.807, 2.05) is 18.2 Å². The molecule has 1 aromatic heterocycles. The lowest BCUT2D eigenvalue weighted by Crippen LogP contribution is -2.35. The van der Waals surface area contributed by atoms with Gasteiger partial charge in [-0.15, -0.1) is 0 Å². The second-order valence-electron chi connectivity index (χ2n) is 3.76. The molecule has 0 fully saturated rings. The van der Waals surface area contributed by atoms with Gasteiger partial charge in [0, 0.05) is 18.1 Å². The predicted octanol–water partition coefficient (Wildman–Crippen LogP) is 1.18. The zero-order valence-corrected chi connectivity index (χ0v) is 9.77. The Morgan fingerprint density at radius 2 is 1.94 bits per heavy atom. The molecule has 1 amide bonds. The molecule has 1 atom stereocenters. The molecule has 0 aliphatic heterocycles. The van der Waals surface area contributed by atoms with Gasteiger partial charge in [-0.2, -0.15) is 0 Å². The van der Waals surface area contributed by atoms with Crippen LogP contribution >= 0.6 is 0 Å². The zero-order chi connectivity index (χ0) is 12.3. The van der Waals surface area contributed by atoms with Gasteiger partial charge >= 0.3 is 0 Å². The number of carbonyl (C=O) groups excluding carboxylic acids is 1. The average molecular weight is 230 g/mol. The molecule has 17 heavy (non-hydrogen) atoms. The van der Waals surface area contributed by atoms with Gasteiger partial charge in [-0.25, -0.2) is 0 Å². The highest BCUT2D eigenvalue weighted by molar-refractivity contribution is 5.96. The quantitative estimate of drug-likeness (QED) is 0.830. The van der Waals surface area contributed by atoms with Crippen LogP contribution < -0.4 is 10.6 Å². The summed E-state index contributed by atoms with van der Waals surface area (Å²) in [7, 11) is 1.75. The monoisotopic (exact) mass is 230 g/mol. The molecule has 0 spiro atoms. The number of likely N-dealkylation sites (N-methyl/N-ethyl adjacent to an activating group) is 1. The fourth-order valence-corrected chi connectivity index (χ4v) is 1.42. The maximum atomic E-state index is 11.7. The van der Waals surface area contributed by atoms with Crippen LogP contribution in [0.4, 0.5) is 5.69 Å². The summed E-state index contributed by atoms with van der Waals surface area (Å²) in [6.45, 7) is 1.80. The number of hydrogen-bond acceptors (Lipinski definition) is 4. The van der Waals surface area contributed by atoms with Crippen molar-refractivity contribution in [2.24, 2.45) is 0 Å². The summed E-state index contributed by atoms with van der Waals surface area (Å²) in [5.41, 5.74) is 2.31. The third-order valence-corrected chi connectivity index (χ3v) is 2.56.